The molecule has 4 heteroatoms. The highest BCUT2D eigenvalue weighted by molar-refractivity contribution is 5.74. The molecule has 0 aliphatic carbocycles. The summed E-state index contributed by atoms with van der Waals surface area (Å²) in [4.78, 5) is 10.6. The number of para-hydroxylation sites is 1. The molecule has 4 nitrogen and oxygen atoms in total. The minimum atomic E-state index is -0.352. The summed E-state index contributed by atoms with van der Waals surface area (Å²) in [5.41, 5.74) is 1.59. The number of hydrogen-bond acceptors (Lipinski definition) is 3. The van der Waals surface area contributed by atoms with Crippen molar-refractivity contribution < 1.29 is 14.7 Å². The highest BCUT2D eigenvalue weighted by Gasteiger charge is 1.98. The van der Waals surface area contributed by atoms with E-state index in [2.05, 4.69) is 0 Å². The number of ether oxygens (including phenoxy) is 1. The van der Waals surface area contributed by atoms with Crippen LogP contribution in [0.3, 0.4) is 0 Å². The largest absolute Gasteiger partial charge is 0.494 e. The second-order valence-corrected chi connectivity index (χ2v) is 3.15. The number of nitrogens with one attached hydrogen (secondary N) is 1. The molecular formula is C11H15NO3. The van der Waals surface area contributed by atoms with Gasteiger partial charge in [-0.3, -0.25) is 10.0 Å². The first-order valence-electron chi connectivity index (χ1n) is 4.93. The van der Waals surface area contributed by atoms with E-state index >= 15 is 0 Å². The molecule has 1 amide bonds. The fourth-order valence-electron chi connectivity index (χ4n) is 1.15. The second-order valence-electron chi connectivity index (χ2n) is 3.15. The number of hydroxylamine groups is 1. The first-order chi connectivity index (χ1) is 7.33. The van der Waals surface area contributed by atoms with Gasteiger partial charge in [0, 0.05) is 6.42 Å². The molecule has 0 spiro atoms. The molecule has 0 aromatic heterocycles. The molecule has 0 atom stereocenters. The standard InChI is InChI=1S/C11H15NO3/c13-11(12-14)8-4-5-9-15-10-6-2-1-3-7-10/h1-3,6-7,14H,4-5,8-9H2,(H,12,13). The Kier molecular flexibility index (Phi) is 5.25. The minimum absolute atomic E-state index is 0.328. The van der Waals surface area contributed by atoms with Crippen LogP contribution in [0.25, 0.3) is 0 Å². The van der Waals surface area contributed by atoms with Crippen LogP contribution in [-0.4, -0.2) is 17.7 Å². The average molecular weight is 209 g/mol. The lowest BCUT2D eigenvalue weighted by Crippen LogP contribution is -2.18. The van der Waals surface area contributed by atoms with E-state index in [9.17, 15) is 4.79 Å². The quantitative estimate of drug-likeness (QED) is 0.426. The molecule has 0 heterocycles. The average Bonchev–Trinajstić information content (AvgIpc) is 2.29. The van der Waals surface area contributed by atoms with Gasteiger partial charge in [-0.25, -0.2) is 5.48 Å². The molecule has 1 aromatic rings. The fourth-order valence-corrected chi connectivity index (χ4v) is 1.15. The Morgan fingerprint density at radius 2 is 2.00 bits per heavy atom. The summed E-state index contributed by atoms with van der Waals surface area (Å²) in [7, 11) is 0. The molecule has 0 radical (unpaired) electrons. The van der Waals surface area contributed by atoms with Crippen LogP contribution in [0.15, 0.2) is 30.3 Å². The van der Waals surface area contributed by atoms with Gasteiger partial charge in [0.1, 0.15) is 5.75 Å². The van der Waals surface area contributed by atoms with Crippen molar-refractivity contribution in [1.82, 2.24) is 5.48 Å². The normalized spacial score (nSPS) is 9.67. The van der Waals surface area contributed by atoms with Crippen LogP contribution >= 0.6 is 0 Å². The summed E-state index contributed by atoms with van der Waals surface area (Å²) in [5, 5.41) is 8.24. The van der Waals surface area contributed by atoms with Gasteiger partial charge in [-0.2, -0.15) is 0 Å². The van der Waals surface area contributed by atoms with Crippen molar-refractivity contribution in [3.63, 3.8) is 0 Å². The van der Waals surface area contributed by atoms with Crippen molar-refractivity contribution in [2.75, 3.05) is 6.61 Å². The molecule has 2 N–H and O–H groups in total. The van der Waals surface area contributed by atoms with Gasteiger partial charge in [-0.15, -0.1) is 0 Å². The van der Waals surface area contributed by atoms with E-state index in [1.807, 2.05) is 30.3 Å². The third-order valence-electron chi connectivity index (χ3n) is 1.93. The zero-order valence-electron chi connectivity index (χ0n) is 8.48. The smallest absolute Gasteiger partial charge is 0.243 e. The fraction of sp³-hybridized carbons (Fsp3) is 0.364. The number of amides is 1. The second kappa shape index (κ2) is 6.84. The van der Waals surface area contributed by atoms with Gasteiger partial charge in [0.05, 0.1) is 6.61 Å². The molecule has 0 saturated carbocycles. The van der Waals surface area contributed by atoms with Gasteiger partial charge >= 0.3 is 0 Å². The van der Waals surface area contributed by atoms with E-state index in [1.54, 1.807) is 5.48 Å². The Morgan fingerprint density at radius 3 is 2.67 bits per heavy atom. The first kappa shape index (κ1) is 11.5. The molecule has 0 bridgehead atoms. The van der Waals surface area contributed by atoms with E-state index in [0.717, 1.165) is 12.2 Å². The van der Waals surface area contributed by atoms with Crippen molar-refractivity contribution in [3.8, 4) is 5.75 Å². The van der Waals surface area contributed by atoms with Gasteiger partial charge in [0.15, 0.2) is 0 Å². The zero-order valence-corrected chi connectivity index (χ0v) is 8.48. The van der Waals surface area contributed by atoms with Crippen LogP contribution in [-0.2, 0) is 4.79 Å². The van der Waals surface area contributed by atoms with E-state index in [-0.39, 0.29) is 5.91 Å². The Hall–Kier alpha value is -1.55. The number of unbranched alkanes of at least 4 members (excludes halogenated alkanes) is 1. The van der Waals surface area contributed by atoms with E-state index in [4.69, 9.17) is 9.94 Å². The molecule has 15 heavy (non-hydrogen) atoms. The van der Waals surface area contributed by atoms with E-state index in [1.165, 1.54) is 0 Å². The van der Waals surface area contributed by atoms with Crippen LogP contribution in [0.4, 0.5) is 0 Å². The third-order valence-corrected chi connectivity index (χ3v) is 1.93. The van der Waals surface area contributed by atoms with Crippen LogP contribution in [0.5, 0.6) is 5.75 Å². The van der Waals surface area contributed by atoms with Gasteiger partial charge in [0.2, 0.25) is 5.91 Å². The number of benzene rings is 1. The van der Waals surface area contributed by atoms with Crippen LogP contribution < -0.4 is 10.2 Å². The summed E-state index contributed by atoms with van der Waals surface area (Å²) >= 11 is 0. The van der Waals surface area contributed by atoms with Crippen molar-refractivity contribution >= 4 is 5.91 Å². The Bertz CT molecular complexity index is 287. The zero-order chi connectivity index (χ0) is 10.9. The van der Waals surface area contributed by atoms with Crippen molar-refractivity contribution in [1.29, 1.82) is 0 Å². The number of carbonyl (C=O) groups excluding carboxylic acids is 1. The number of carbonyl (C=O) groups is 1. The highest BCUT2D eigenvalue weighted by Crippen LogP contribution is 2.09. The maximum Gasteiger partial charge on any atom is 0.243 e. The van der Waals surface area contributed by atoms with Crippen LogP contribution in [0.1, 0.15) is 19.3 Å². The monoisotopic (exact) mass is 209 g/mol. The predicted octanol–water partition coefficient (Wildman–Crippen LogP) is 1.74. The van der Waals surface area contributed by atoms with Gasteiger partial charge < -0.3 is 4.74 Å². The van der Waals surface area contributed by atoms with Gasteiger partial charge in [-0.05, 0) is 25.0 Å². The maximum absolute atomic E-state index is 10.6. The molecule has 0 fully saturated rings. The molecule has 1 rings (SSSR count). The Labute approximate surface area is 88.8 Å². The van der Waals surface area contributed by atoms with Crippen molar-refractivity contribution in [2.24, 2.45) is 0 Å². The van der Waals surface area contributed by atoms with Crippen LogP contribution in [0, 0.1) is 0 Å². The Morgan fingerprint density at radius 1 is 1.27 bits per heavy atom. The SMILES string of the molecule is O=C(CCCCOc1ccccc1)NO. The molecule has 0 saturated heterocycles. The molecule has 1 aromatic carbocycles. The van der Waals surface area contributed by atoms with Crippen molar-refractivity contribution in [2.45, 2.75) is 19.3 Å². The number of rotatable bonds is 6. The number of hydrogen-bond donors (Lipinski definition) is 2. The lowest BCUT2D eigenvalue weighted by atomic mass is 10.2. The Balaban J connectivity index is 2.05. The van der Waals surface area contributed by atoms with Crippen molar-refractivity contribution in [3.05, 3.63) is 30.3 Å². The molecule has 0 aliphatic rings. The molecule has 82 valence electrons. The molecule has 0 unspecified atom stereocenters. The summed E-state index contributed by atoms with van der Waals surface area (Å²) in [6, 6.07) is 9.53. The lowest BCUT2D eigenvalue weighted by Gasteiger charge is -2.04. The van der Waals surface area contributed by atoms with Gasteiger partial charge in [-0.1, -0.05) is 18.2 Å². The first-order valence-corrected chi connectivity index (χ1v) is 4.93. The summed E-state index contributed by atoms with van der Waals surface area (Å²) in [6.07, 6.45) is 1.83. The van der Waals surface area contributed by atoms with E-state index < -0.39 is 0 Å². The minimum Gasteiger partial charge on any atom is -0.494 e. The third kappa shape index (κ3) is 5.02. The molecule has 0 aliphatic heterocycles. The van der Waals surface area contributed by atoms with E-state index in [0.29, 0.717) is 19.4 Å². The summed E-state index contributed by atoms with van der Waals surface area (Å²) in [6.45, 7) is 0.586. The summed E-state index contributed by atoms with van der Waals surface area (Å²) in [5.74, 6) is 0.485. The summed E-state index contributed by atoms with van der Waals surface area (Å²) < 4.78 is 5.43. The molecular weight excluding hydrogens is 194 g/mol. The predicted molar refractivity (Wildman–Crippen MR) is 55.7 cm³/mol. The lowest BCUT2D eigenvalue weighted by molar-refractivity contribution is -0.129. The van der Waals surface area contributed by atoms with Crippen LogP contribution in [0.2, 0.25) is 0 Å². The topological polar surface area (TPSA) is 58.6 Å². The highest BCUT2D eigenvalue weighted by atomic mass is 16.5. The van der Waals surface area contributed by atoms with Gasteiger partial charge in [0.25, 0.3) is 0 Å². The maximum atomic E-state index is 10.6.